The van der Waals surface area contributed by atoms with Crippen LogP contribution < -0.4 is 10.6 Å². The van der Waals surface area contributed by atoms with Gasteiger partial charge in [-0.15, -0.1) is 17.5 Å². The average Bonchev–Trinajstić information content (AvgIpc) is 3.20. The van der Waals surface area contributed by atoms with Gasteiger partial charge in [-0.05, 0) is 50.0 Å². The van der Waals surface area contributed by atoms with Crippen LogP contribution in [-0.2, 0) is 6.54 Å². The van der Waals surface area contributed by atoms with Crippen molar-refractivity contribution in [3.63, 3.8) is 0 Å². The van der Waals surface area contributed by atoms with Gasteiger partial charge in [0.25, 0.3) is 5.91 Å². The van der Waals surface area contributed by atoms with Gasteiger partial charge >= 0.3 is 0 Å². The van der Waals surface area contributed by atoms with Gasteiger partial charge in [0.05, 0.1) is 6.20 Å². The Hall–Kier alpha value is -2.91. The van der Waals surface area contributed by atoms with Gasteiger partial charge in [-0.3, -0.25) is 9.48 Å². The van der Waals surface area contributed by atoms with E-state index in [9.17, 15) is 13.6 Å². The van der Waals surface area contributed by atoms with E-state index < -0.39 is 17.5 Å². The number of piperidine rings is 1. The smallest absolute Gasteiger partial charge is 0.278 e. The molecule has 1 atom stereocenters. The third kappa shape index (κ3) is 4.98. The molecule has 1 saturated heterocycles. The minimum atomic E-state index is -0.934. The molecule has 0 saturated carbocycles. The molecule has 7 nitrogen and oxygen atoms in total. The maximum Gasteiger partial charge on any atom is 0.278 e. The van der Waals surface area contributed by atoms with Gasteiger partial charge in [0.2, 0.25) is 0 Å². The molecule has 2 N–H and O–H groups in total. The number of amides is 1. The fourth-order valence-corrected chi connectivity index (χ4v) is 3.37. The topological polar surface area (TPSA) is 84.7 Å². The van der Waals surface area contributed by atoms with Gasteiger partial charge in [-0.2, -0.15) is 0 Å². The molecule has 3 heterocycles. The number of rotatable bonds is 5. The van der Waals surface area contributed by atoms with Crippen LogP contribution >= 0.6 is 12.4 Å². The van der Waals surface area contributed by atoms with Crippen molar-refractivity contribution in [2.24, 2.45) is 5.92 Å². The van der Waals surface area contributed by atoms with E-state index in [1.807, 2.05) is 0 Å². The van der Waals surface area contributed by atoms with Crippen molar-refractivity contribution in [1.29, 1.82) is 0 Å². The second kappa shape index (κ2) is 9.73. The number of aromatic nitrogens is 4. The Morgan fingerprint density at radius 3 is 2.87 bits per heavy atom. The summed E-state index contributed by atoms with van der Waals surface area (Å²) < 4.78 is 29.0. The van der Waals surface area contributed by atoms with Crippen LogP contribution in [0.3, 0.4) is 0 Å². The van der Waals surface area contributed by atoms with Crippen LogP contribution in [0.25, 0.3) is 11.1 Å². The Labute approximate surface area is 178 Å². The van der Waals surface area contributed by atoms with Crippen molar-refractivity contribution < 1.29 is 13.6 Å². The molecule has 4 rings (SSSR count). The predicted octanol–water partition coefficient (Wildman–Crippen LogP) is 3.29. The van der Waals surface area contributed by atoms with E-state index in [4.69, 9.17) is 0 Å². The molecule has 0 spiro atoms. The van der Waals surface area contributed by atoms with Gasteiger partial charge in [-0.25, -0.2) is 13.8 Å². The first-order chi connectivity index (χ1) is 14.1. The lowest BCUT2D eigenvalue weighted by atomic mass is 10.00. The molecule has 0 bridgehead atoms. The first-order valence-electron chi connectivity index (χ1n) is 9.43. The second-order valence-electron chi connectivity index (χ2n) is 7.03. The highest BCUT2D eigenvalue weighted by Gasteiger charge is 2.17. The van der Waals surface area contributed by atoms with Crippen LogP contribution in [0.5, 0.6) is 0 Å². The SMILES string of the molecule is Cl.O=C(Nc1ccc(-c2cccc(F)c2F)cn1)c1cn(CC2CCCNC2)nn1. The number of anilines is 1. The predicted molar refractivity (Wildman–Crippen MR) is 110 cm³/mol. The molecule has 30 heavy (non-hydrogen) atoms. The first-order valence-corrected chi connectivity index (χ1v) is 9.43. The molecule has 2 aromatic heterocycles. The van der Waals surface area contributed by atoms with Crippen LogP contribution in [0.4, 0.5) is 14.6 Å². The zero-order valence-corrected chi connectivity index (χ0v) is 16.8. The summed E-state index contributed by atoms with van der Waals surface area (Å²) in [6.45, 7) is 2.68. The highest BCUT2D eigenvalue weighted by atomic mass is 35.5. The maximum absolute atomic E-state index is 13.9. The van der Waals surface area contributed by atoms with Gasteiger partial charge in [0, 0.05) is 23.9 Å². The number of hydrogen-bond donors (Lipinski definition) is 2. The van der Waals surface area contributed by atoms with Crippen LogP contribution in [0.1, 0.15) is 23.3 Å². The summed E-state index contributed by atoms with van der Waals surface area (Å²) in [5.41, 5.74) is 0.707. The lowest BCUT2D eigenvalue weighted by molar-refractivity contribution is 0.102. The molecule has 1 aliphatic rings. The highest BCUT2D eigenvalue weighted by Crippen LogP contribution is 2.24. The van der Waals surface area contributed by atoms with Crippen molar-refractivity contribution in [3.8, 4) is 11.1 Å². The standard InChI is InChI=1S/C20H20F2N6O.ClH/c21-16-5-1-4-15(19(16)22)14-6-7-18(24-10-14)25-20(29)17-12-28(27-26-17)11-13-3-2-8-23-9-13;/h1,4-7,10,12-13,23H,2-3,8-9,11H2,(H,24,25,29);1H. The average molecular weight is 435 g/mol. The zero-order chi connectivity index (χ0) is 20.2. The van der Waals surface area contributed by atoms with E-state index in [1.165, 1.54) is 24.4 Å². The Bertz CT molecular complexity index is 1000. The summed E-state index contributed by atoms with van der Waals surface area (Å²) in [6, 6.07) is 7.03. The lowest BCUT2D eigenvalue weighted by Gasteiger charge is -2.22. The molecule has 10 heteroatoms. The highest BCUT2D eigenvalue weighted by molar-refractivity contribution is 6.02. The van der Waals surface area contributed by atoms with Crippen molar-refractivity contribution in [2.75, 3.05) is 18.4 Å². The number of nitrogens with zero attached hydrogens (tertiary/aromatic N) is 4. The lowest BCUT2D eigenvalue weighted by Crippen LogP contribution is -2.32. The van der Waals surface area contributed by atoms with Gasteiger partial charge < -0.3 is 10.6 Å². The summed E-state index contributed by atoms with van der Waals surface area (Å²) in [4.78, 5) is 16.5. The molecule has 1 aromatic carbocycles. The molecule has 0 aliphatic carbocycles. The number of benzene rings is 1. The fraction of sp³-hybridized carbons (Fsp3) is 0.300. The Kier molecular flexibility index (Phi) is 7.07. The number of pyridine rings is 1. The molecule has 1 amide bonds. The molecule has 1 fully saturated rings. The third-order valence-electron chi connectivity index (χ3n) is 4.88. The van der Waals surface area contributed by atoms with Gasteiger partial charge in [-0.1, -0.05) is 17.3 Å². The van der Waals surface area contributed by atoms with Crippen LogP contribution in [-0.4, -0.2) is 39.0 Å². The third-order valence-corrected chi connectivity index (χ3v) is 4.88. The maximum atomic E-state index is 13.9. The van der Waals surface area contributed by atoms with Crippen molar-refractivity contribution in [3.05, 3.63) is 60.1 Å². The molecule has 0 radical (unpaired) electrons. The molecule has 3 aromatic rings. The molecule has 1 unspecified atom stereocenters. The Balaban J connectivity index is 0.00000256. The number of carbonyl (C=O) groups excluding carboxylic acids is 1. The molecule has 158 valence electrons. The molecular formula is C20H21ClF2N6O. The van der Waals surface area contributed by atoms with E-state index in [0.717, 1.165) is 32.0 Å². The Morgan fingerprint density at radius 1 is 1.27 bits per heavy atom. The van der Waals surface area contributed by atoms with E-state index in [2.05, 4.69) is 25.9 Å². The Morgan fingerprint density at radius 2 is 2.13 bits per heavy atom. The summed E-state index contributed by atoms with van der Waals surface area (Å²) in [6.07, 6.45) is 5.24. The molecular weight excluding hydrogens is 414 g/mol. The minimum Gasteiger partial charge on any atom is -0.316 e. The summed E-state index contributed by atoms with van der Waals surface area (Å²) >= 11 is 0. The van der Waals surface area contributed by atoms with Crippen molar-refractivity contribution in [2.45, 2.75) is 19.4 Å². The fourth-order valence-electron chi connectivity index (χ4n) is 3.37. The van der Waals surface area contributed by atoms with Crippen LogP contribution in [0.2, 0.25) is 0 Å². The van der Waals surface area contributed by atoms with Crippen LogP contribution in [0.15, 0.2) is 42.7 Å². The summed E-state index contributed by atoms with van der Waals surface area (Å²) in [5, 5.41) is 13.9. The second-order valence-corrected chi connectivity index (χ2v) is 7.03. The van der Waals surface area contributed by atoms with Gasteiger partial charge in [0.15, 0.2) is 17.3 Å². The summed E-state index contributed by atoms with van der Waals surface area (Å²) in [7, 11) is 0. The number of carbonyl (C=O) groups is 1. The van der Waals surface area contributed by atoms with Crippen molar-refractivity contribution >= 4 is 24.1 Å². The van der Waals surface area contributed by atoms with Crippen molar-refractivity contribution in [1.82, 2.24) is 25.3 Å². The van der Waals surface area contributed by atoms with E-state index in [0.29, 0.717) is 18.0 Å². The molecule has 1 aliphatic heterocycles. The van der Waals surface area contributed by atoms with Crippen LogP contribution in [0, 0.1) is 17.6 Å². The van der Waals surface area contributed by atoms with E-state index >= 15 is 0 Å². The monoisotopic (exact) mass is 434 g/mol. The number of halogens is 3. The van der Waals surface area contributed by atoms with E-state index in [-0.39, 0.29) is 29.5 Å². The van der Waals surface area contributed by atoms with E-state index in [1.54, 1.807) is 16.9 Å². The normalized spacial score (nSPS) is 16.0. The minimum absolute atomic E-state index is 0. The van der Waals surface area contributed by atoms with Gasteiger partial charge in [0.1, 0.15) is 5.82 Å². The zero-order valence-electron chi connectivity index (χ0n) is 16.0. The number of hydrogen-bond acceptors (Lipinski definition) is 5. The number of nitrogens with one attached hydrogen (secondary N) is 2. The first kappa shape index (κ1) is 21.8. The largest absolute Gasteiger partial charge is 0.316 e. The summed E-state index contributed by atoms with van der Waals surface area (Å²) in [5.74, 6) is -1.54. The quantitative estimate of drug-likeness (QED) is 0.643.